The molecule has 3 heteroatoms. The molecule has 11 heavy (non-hydrogen) atoms. The Morgan fingerprint density at radius 1 is 1.27 bits per heavy atom. The van der Waals surface area contributed by atoms with Gasteiger partial charge in [-0.05, 0) is 12.1 Å². The van der Waals surface area contributed by atoms with Gasteiger partial charge in [0.15, 0.2) is 0 Å². The number of rotatable bonds is 1. The van der Waals surface area contributed by atoms with Crippen LogP contribution in [0.5, 0.6) is 0 Å². The van der Waals surface area contributed by atoms with Gasteiger partial charge in [-0.3, -0.25) is 0 Å². The van der Waals surface area contributed by atoms with Crippen LogP contribution in [-0.4, -0.2) is 11.1 Å². The molecule has 0 radical (unpaired) electrons. The Balaban J connectivity index is 0.000000461. The molecule has 0 saturated carbocycles. The summed E-state index contributed by atoms with van der Waals surface area (Å²) in [5, 5.41) is 14.6. The van der Waals surface area contributed by atoms with Crippen LogP contribution in [0.4, 0.5) is 0 Å². The monoisotopic (exact) mass is 148 g/mol. The van der Waals surface area contributed by atoms with Gasteiger partial charge in [0.25, 0.3) is 0 Å². The number of benzene rings is 1. The van der Waals surface area contributed by atoms with Crippen molar-refractivity contribution in [2.24, 2.45) is 0 Å². The molecular formula is C8H6NO2-. The summed E-state index contributed by atoms with van der Waals surface area (Å²) in [5.74, 6) is -0.879. The average molecular weight is 148 g/mol. The zero-order chi connectivity index (χ0) is 8.69. The molecule has 0 unspecified atom stereocenters. The van der Waals surface area contributed by atoms with Crippen LogP contribution in [0, 0.1) is 11.8 Å². The first-order chi connectivity index (χ1) is 5.30. The van der Waals surface area contributed by atoms with E-state index in [1.165, 1.54) is 0 Å². The summed E-state index contributed by atoms with van der Waals surface area (Å²) in [6, 6.07) is 8.30. The van der Waals surface area contributed by atoms with Crippen molar-refractivity contribution in [1.82, 2.24) is 0 Å². The molecule has 0 heterocycles. The fourth-order valence-corrected chi connectivity index (χ4v) is 0.581. The lowest BCUT2D eigenvalue weighted by Crippen LogP contribution is -1.93. The molecule has 0 saturated heterocycles. The van der Waals surface area contributed by atoms with E-state index in [1.54, 1.807) is 30.3 Å². The fourth-order valence-electron chi connectivity index (χ4n) is 0.581. The van der Waals surface area contributed by atoms with Crippen LogP contribution in [-0.2, 0) is 0 Å². The van der Waals surface area contributed by atoms with Gasteiger partial charge in [-0.15, -0.1) is 0 Å². The van der Waals surface area contributed by atoms with Crippen molar-refractivity contribution in [3.8, 4) is 0 Å². The maximum Gasteiger partial charge on any atom is 0.335 e. The predicted molar refractivity (Wildman–Crippen MR) is 38.4 cm³/mol. The largest absolute Gasteiger partial charge is 0.512 e. The van der Waals surface area contributed by atoms with E-state index >= 15 is 0 Å². The van der Waals surface area contributed by atoms with E-state index in [0.717, 1.165) is 0 Å². The smallest absolute Gasteiger partial charge is 0.335 e. The third kappa shape index (κ3) is 3.01. The molecule has 0 aliphatic heterocycles. The highest BCUT2D eigenvalue weighted by Gasteiger charge is 1.96. The number of aromatic carboxylic acids is 1. The lowest BCUT2D eigenvalue weighted by atomic mass is 10.2. The molecule has 3 nitrogen and oxygen atoms in total. The van der Waals surface area contributed by atoms with E-state index in [9.17, 15) is 4.79 Å². The van der Waals surface area contributed by atoms with Crippen molar-refractivity contribution >= 4 is 5.97 Å². The van der Waals surface area contributed by atoms with Crippen LogP contribution in [0.1, 0.15) is 10.4 Å². The summed E-state index contributed by atoms with van der Waals surface area (Å²) in [5.41, 5.74) is 0.331. The second kappa shape index (κ2) is 5.00. The van der Waals surface area contributed by atoms with Gasteiger partial charge in [-0.2, -0.15) is 0 Å². The number of carbonyl (C=O) groups is 1. The van der Waals surface area contributed by atoms with Crippen LogP contribution < -0.4 is 0 Å². The number of hydrogen-bond acceptors (Lipinski definition) is 2. The van der Waals surface area contributed by atoms with Gasteiger partial charge in [-0.1, -0.05) is 18.2 Å². The summed E-state index contributed by atoms with van der Waals surface area (Å²) in [4.78, 5) is 10.2. The highest BCUT2D eigenvalue weighted by molar-refractivity contribution is 5.87. The maximum atomic E-state index is 10.2. The summed E-state index contributed by atoms with van der Waals surface area (Å²) in [7, 11) is 0. The molecule has 0 spiro atoms. The van der Waals surface area contributed by atoms with E-state index in [1.807, 2.05) is 0 Å². The van der Waals surface area contributed by atoms with E-state index in [0.29, 0.717) is 5.56 Å². The highest BCUT2D eigenvalue weighted by Crippen LogP contribution is 1.96. The van der Waals surface area contributed by atoms with Crippen LogP contribution in [0.25, 0.3) is 0 Å². The fraction of sp³-hybridized carbons (Fsp3) is 0. The van der Waals surface area contributed by atoms with Gasteiger partial charge in [0, 0.05) is 0 Å². The Morgan fingerprint density at radius 3 is 2.00 bits per heavy atom. The second-order valence-corrected chi connectivity index (χ2v) is 1.67. The molecule has 0 aliphatic rings. The Kier molecular flexibility index (Phi) is 4.18. The minimum atomic E-state index is -0.879. The van der Waals surface area contributed by atoms with Crippen molar-refractivity contribution < 1.29 is 9.90 Å². The molecule has 1 aromatic carbocycles. The molecule has 0 aliphatic carbocycles. The Hall–Kier alpha value is -1.82. The van der Waals surface area contributed by atoms with Gasteiger partial charge in [0.05, 0.1) is 5.56 Å². The number of hydrogen-bond donors (Lipinski definition) is 1. The van der Waals surface area contributed by atoms with E-state index in [-0.39, 0.29) is 0 Å². The van der Waals surface area contributed by atoms with Crippen molar-refractivity contribution in [1.29, 1.82) is 5.26 Å². The summed E-state index contributed by atoms with van der Waals surface area (Å²) in [6.07, 6.45) is 0. The zero-order valence-electron chi connectivity index (χ0n) is 5.69. The Bertz CT molecular complexity index is 241. The maximum absolute atomic E-state index is 10.2. The van der Waals surface area contributed by atoms with Crippen LogP contribution in [0.3, 0.4) is 0 Å². The Labute approximate surface area is 64.5 Å². The molecule has 0 aromatic heterocycles. The van der Waals surface area contributed by atoms with Gasteiger partial charge in [0.1, 0.15) is 0 Å². The quantitative estimate of drug-likeness (QED) is 0.613. The van der Waals surface area contributed by atoms with Crippen LogP contribution in [0.15, 0.2) is 30.3 Å². The van der Waals surface area contributed by atoms with Crippen molar-refractivity contribution in [2.75, 3.05) is 0 Å². The van der Waals surface area contributed by atoms with Crippen LogP contribution in [0.2, 0.25) is 0 Å². The van der Waals surface area contributed by atoms with E-state index < -0.39 is 5.97 Å². The molecule has 0 bridgehead atoms. The number of carboxylic acids is 1. The topological polar surface area (TPSA) is 61.1 Å². The third-order valence-corrected chi connectivity index (χ3v) is 1.02. The van der Waals surface area contributed by atoms with Crippen LogP contribution >= 0.6 is 0 Å². The average Bonchev–Trinajstić information content (AvgIpc) is 2.10. The van der Waals surface area contributed by atoms with Crippen molar-refractivity contribution in [3.63, 3.8) is 0 Å². The molecule has 1 rings (SSSR count). The summed E-state index contributed by atoms with van der Waals surface area (Å²) in [6.45, 7) is 4.75. The molecule has 0 atom stereocenters. The first-order valence-corrected chi connectivity index (χ1v) is 2.81. The number of carboxylic acid groups (broad SMARTS) is 1. The Morgan fingerprint density at radius 2 is 1.73 bits per heavy atom. The lowest BCUT2D eigenvalue weighted by Gasteiger charge is -1.88. The summed E-state index contributed by atoms with van der Waals surface area (Å²) >= 11 is 0. The first-order valence-electron chi connectivity index (χ1n) is 2.81. The van der Waals surface area contributed by atoms with Gasteiger partial charge >= 0.3 is 5.97 Å². The first kappa shape index (κ1) is 9.18. The summed E-state index contributed by atoms with van der Waals surface area (Å²) < 4.78 is 0. The SMILES string of the molecule is O=C(O)c1ccccc1.[C-]#N. The van der Waals surface area contributed by atoms with E-state index in [2.05, 4.69) is 0 Å². The minimum absolute atomic E-state index is 0.331. The minimum Gasteiger partial charge on any atom is -0.512 e. The highest BCUT2D eigenvalue weighted by atomic mass is 16.4. The molecule has 1 N–H and O–H groups in total. The number of nitrogens with zero attached hydrogens (tertiary/aromatic N) is 1. The van der Waals surface area contributed by atoms with Gasteiger partial charge in [-0.25, -0.2) is 4.79 Å². The standard InChI is InChI=1S/C7H6O2.CN/c8-7(9)6-4-2-1-3-5-6;1-2/h1-5H,(H,8,9);/q;-1. The van der Waals surface area contributed by atoms with Gasteiger partial charge in [0.2, 0.25) is 0 Å². The normalized spacial score (nSPS) is 7.45. The van der Waals surface area contributed by atoms with E-state index in [4.69, 9.17) is 16.9 Å². The molecule has 0 amide bonds. The molecule has 56 valence electrons. The van der Waals surface area contributed by atoms with Crippen molar-refractivity contribution in [3.05, 3.63) is 42.5 Å². The molecule has 0 fully saturated rings. The third-order valence-electron chi connectivity index (χ3n) is 1.02. The lowest BCUT2D eigenvalue weighted by molar-refractivity contribution is 0.0697. The molecular weight excluding hydrogens is 142 g/mol. The predicted octanol–water partition coefficient (Wildman–Crippen LogP) is 1.48. The second-order valence-electron chi connectivity index (χ2n) is 1.67. The molecule has 1 aromatic rings. The van der Waals surface area contributed by atoms with Gasteiger partial charge < -0.3 is 16.9 Å². The zero-order valence-corrected chi connectivity index (χ0v) is 5.69. The van der Waals surface area contributed by atoms with Crippen molar-refractivity contribution in [2.45, 2.75) is 0 Å².